The molecule has 6 heteroatoms. The van der Waals surface area contributed by atoms with Gasteiger partial charge in [0.2, 0.25) is 0 Å². The van der Waals surface area contributed by atoms with Crippen molar-refractivity contribution < 1.29 is 14.0 Å². The van der Waals surface area contributed by atoms with Crippen molar-refractivity contribution in [2.75, 3.05) is 11.9 Å². The van der Waals surface area contributed by atoms with Crippen LogP contribution in [0.3, 0.4) is 0 Å². The smallest absolute Gasteiger partial charge is 0.256 e. The summed E-state index contributed by atoms with van der Waals surface area (Å²) in [6.07, 6.45) is 5.11. The van der Waals surface area contributed by atoms with Gasteiger partial charge in [-0.3, -0.25) is 9.59 Å². The van der Waals surface area contributed by atoms with Crippen LogP contribution in [-0.2, 0) is 0 Å². The van der Waals surface area contributed by atoms with Crippen molar-refractivity contribution in [1.29, 1.82) is 0 Å². The van der Waals surface area contributed by atoms with E-state index in [4.69, 9.17) is 6.42 Å². The summed E-state index contributed by atoms with van der Waals surface area (Å²) in [5, 5.41) is 5.18. The topological polar surface area (TPSA) is 58.2 Å². The van der Waals surface area contributed by atoms with E-state index in [-0.39, 0.29) is 17.7 Å². The quantitative estimate of drug-likeness (QED) is 0.807. The highest BCUT2D eigenvalue weighted by molar-refractivity contribution is 9.10. The molecule has 2 aromatic rings. The molecule has 4 nitrogen and oxygen atoms in total. The summed E-state index contributed by atoms with van der Waals surface area (Å²) in [5.41, 5.74) is 0.878. The van der Waals surface area contributed by atoms with E-state index in [9.17, 15) is 14.0 Å². The van der Waals surface area contributed by atoms with Gasteiger partial charge in [-0.1, -0.05) is 18.1 Å². The normalized spacial score (nSPS) is 9.78. The van der Waals surface area contributed by atoms with Crippen molar-refractivity contribution in [3.8, 4) is 12.3 Å². The average Bonchev–Trinajstić information content (AvgIpc) is 2.53. The van der Waals surface area contributed by atoms with Gasteiger partial charge in [-0.25, -0.2) is 4.39 Å². The molecular formula is C17H12BrFN2O2. The number of rotatable bonds is 4. The van der Waals surface area contributed by atoms with Crippen LogP contribution in [0.1, 0.15) is 20.7 Å². The molecule has 2 N–H and O–H groups in total. The van der Waals surface area contributed by atoms with Crippen LogP contribution in [0.15, 0.2) is 46.9 Å². The molecule has 0 aliphatic rings. The van der Waals surface area contributed by atoms with Crippen LogP contribution < -0.4 is 10.6 Å². The van der Waals surface area contributed by atoms with E-state index >= 15 is 0 Å². The van der Waals surface area contributed by atoms with Gasteiger partial charge >= 0.3 is 0 Å². The molecule has 0 aliphatic heterocycles. The highest BCUT2D eigenvalue weighted by atomic mass is 79.9. The van der Waals surface area contributed by atoms with Crippen LogP contribution in [0.2, 0.25) is 0 Å². The maximum atomic E-state index is 13.1. The molecule has 0 fully saturated rings. The number of carbonyl (C=O) groups excluding carboxylic acids is 2. The summed E-state index contributed by atoms with van der Waals surface area (Å²) in [4.78, 5) is 24.3. The lowest BCUT2D eigenvalue weighted by Gasteiger charge is -2.11. The van der Waals surface area contributed by atoms with Gasteiger partial charge in [0, 0.05) is 4.47 Å². The lowest BCUT2D eigenvalue weighted by atomic mass is 10.1. The van der Waals surface area contributed by atoms with Crippen molar-refractivity contribution >= 4 is 33.4 Å². The number of carbonyl (C=O) groups is 2. The summed E-state index contributed by atoms with van der Waals surface area (Å²) < 4.78 is 13.4. The molecule has 0 saturated carbocycles. The highest BCUT2D eigenvalue weighted by Gasteiger charge is 2.15. The zero-order valence-electron chi connectivity index (χ0n) is 11.9. The second kappa shape index (κ2) is 7.56. The lowest BCUT2D eigenvalue weighted by Crippen LogP contribution is -2.25. The number of amides is 2. The zero-order valence-corrected chi connectivity index (χ0v) is 13.5. The fraction of sp³-hybridized carbons (Fsp3) is 0.0588. The first-order chi connectivity index (χ1) is 11.0. The summed E-state index contributed by atoms with van der Waals surface area (Å²) in [5.74, 6) is 0.995. The molecule has 0 bridgehead atoms. The van der Waals surface area contributed by atoms with Gasteiger partial charge in [-0.2, -0.15) is 0 Å². The minimum absolute atomic E-state index is 0.0879. The van der Waals surface area contributed by atoms with Gasteiger partial charge in [0.25, 0.3) is 11.8 Å². The summed E-state index contributed by atoms with van der Waals surface area (Å²) in [6.45, 7) is 0.0879. The van der Waals surface area contributed by atoms with Gasteiger partial charge < -0.3 is 10.6 Å². The van der Waals surface area contributed by atoms with Gasteiger partial charge in [0.15, 0.2) is 0 Å². The second-order valence-electron chi connectivity index (χ2n) is 4.51. The third-order valence-corrected chi connectivity index (χ3v) is 3.60. The molecule has 0 atom stereocenters. The van der Waals surface area contributed by atoms with Crippen molar-refractivity contribution in [3.05, 3.63) is 63.9 Å². The van der Waals surface area contributed by atoms with Crippen LogP contribution in [0.25, 0.3) is 0 Å². The average molecular weight is 375 g/mol. The van der Waals surface area contributed by atoms with Crippen LogP contribution in [0.5, 0.6) is 0 Å². The molecular weight excluding hydrogens is 363 g/mol. The Labute approximate surface area is 141 Å². The Morgan fingerprint density at radius 3 is 2.57 bits per heavy atom. The van der Waals surface area contributed by atoms with E-state index < -0.39 is 17.6 Å². The van der Waals surface area contributed by atoms with E-state index in [1.807, 2.05) is 0 Å². The molecule has 0 heterocycles. The first-order valence-corrected chi connectivity index (χ1v) is 7.39. The maximum Gasteiger partial charge on any atom is 0.256 e. The largest absolute Gasteiger partial charge is 0.341 e. The third kappa shape index (κ3) is 4.18. The maximum absolute atomic E-state index is 13.1. The number of terminal acetylenes is 1. The molecule has 2 rings (SSSR count). The van der Waals surface area contributed by atoms with Crippen LogP contribution in [0.4, 0.5) is 10.1 Å². The van der Waals surface area contributed by atoms with Crippen molar-refractivity contribution in [2.24, 2.45) is 0 Å². The lowest BCUT2D eigenvalue weighted by molar-refractivity contribution is 0.0959. The summed E-state index contributed by atoms with van der Waals surface area (Å²) in [6, 6.07) is 10.3. The van der Waals surface area contributed by atoms with Crippen molar-refractivity contribution in [3.63, 3.8) is 0 Å². The summed E-state index contributed by atoms with van der Waals surface area (Å²) in [7, 11) is 0. The third-order valence-electron chi connectivity index (χ3n) is 2.95. The van der Waals surface area contributed by atoms with E-state index in [2.05, 4.69) is 32.5 Å². The molecule has 0 radical (unpaired) electrons. The first-order valence-electron chi connectivity index (χ1n) is 6.60. The highest BCUT2D eigenvalue weighted by Crippen LogP contribution is 2.21. The summed E-state index contributed by atoms with van der Waals surface area (Å²) >= 11 is 3.14. The van der Waals surface area contributed by atoms with Crippen LogP contribution >= 0.6 is 15.9 Å². The van der Waals surface area contributed by atoms with Crippen LogP contribution in [-0.4, -0.2) is 18.4 Å². The Hall–Kier alpha value is -2.65. The SMILES string of the molecule is C#CCNC(=O)c1ccccc1NC(=O)c1ccc(F)cc1Br. The number of anilines is 1. The number of benzene rings is 2. The molecule has 0 aliphatic carbocycles. The molecule has 116 valence electrons. The molecule has 23 heavy (non-hydrogen) atoms. The van der Waals surface area contributed by atoms with E-state index in [1.165, 1.54) is 18.2 Å². The Balaban J connectivity index is 2.25. The van der Waals surface area contributed by atoms with Crippen LogP contribution in [0, 0.1) is 18.2 Å². The van der Waals surface area contributed by atoms with Gasteiger partial charge in [0.05, 0.1) is 23.4 Å². The monoisotopic (exact) mass is 374 g/mol. The Morgan fingerprint density at radius 2 is 1.87 bits per heavy atom. The zero-order chi connectivity index (χ0) is 16.8. The number of hydrogen-bond acceptors (Lipinski definition) is 2. The Morgan fingerprint density at radius 1 is 1.13 bits per heavy atom. The van der Waals surface area contributed by atoms with Crippen molar-refractivity contribution in [1.82, 2.24) is 5.32 Å². The standard InChI is InChI=1S/C17H12BrFN2O2/c1-2-9-20-16(22)13-5-3-4-6-15(13)21-17(23)12-8-7-11(19)10-14(12)18/h1,3-8,10H,9H2,(H,20,22)(H,21,23). The Bertz CT molecular complexity index is 799. The fourth-order valence-corrected chi connectivity index (χ4v) is 2.41. The fourth-order valence-electron chi connectivity index (χ4n) is 1.88. The van der Waals surface area contributed by atoms with E-state index in [1.54, 1.807) is 24.3 Å². The van der Waals surface area contributed by atoms with E-state index in [0.29, 0.717) is 10.2 Å². The molecule has 0 unspecified atom stereocenters. The first kappa shape index (κ1) is 16.7. The molecule has 0 spiro atoms. The number of para-hydroxylation sites is 1. The minimum Gasteiger partial charge on any atom is -0.341 e. The van der Waals surface area contributed by atoms with Crippen molar-refractivity contribution in [2.45, 2.75) is 0 Å². The second-order valence-corrected chi connectivity index (χ2v) is 5.37. The number of hydrogen-bond donors (Lipinski definition) is 2. The van der Waals surface area contributed by atoms with Gasteiger partial charge in [-0.15, -0.1) is 6.42 Å². The minimum atomic E-state index is -0.464. The number of halogens is 2. The molecule has 0 saturated heterocycles. The molecule has 2 aromatic carbocycles. The predicted octanol–water partition coefficient (Wildman–Crippen LogP) is 3.20. The molecule has 2 amide bonds. The van der Waals surface area contributed by atoms with E-state index in [0.717, 1.165) is 0 Å². The number of nitrogens with one attached hydrogen (secondary N) is 2. The Kier molecular flexibility index (Phi) is 5.50. The van der Waals surface area contributed by atoms with Gasteiger partial charge in [0.1, 0.15) is 5.82 Å². The molecule has 0 aromatic heterocycles. The van der Waals surface area contributed by atoms with Gasteiger partial charge in [-0.05, 0) is 46.3 Å². The predicted molar refractivity (Wildman–Crippen MR) is 89.7 cm³/mol.